The Kier molecular flexibility index (Phi) is 7.50. The summed E-state index contributed by atoms with van der Waals surface area (Å²) in [6.07, 6.45) is 1.87. The highest BCUT2D eigenvalue weighted by molar-refractivity contribution is 5.95. The molecular weight excluding hydrogens is 399 g/mol. The van der Waals surface area contributed by atoms with Crippen molar-refractivity contribution < 1.29 is 23.5 Å². The molecule has 1 fully saturated rings. The Balaban J connectivity index is 1.91. The number of nitrogens with zero attached hydrogens (tertiary/aromatic N) is 1. The van der Waals surface area contributed by atoms with E-state index in [1.807, 2.05) is 12.1 Å². The van der Waals surface area contributed by atoms with Gasteiger partial charge in [0.2, 0.25) is 5.91 Å². The number of hydrogen-bond donors (Lipinski definition) is 1. The van der Waals surface area contributed by atoms with Gasteiger partial charge >= 0.3 is 0 Å². The van der Waals surface area contributed by atoms with E-state index < -0.39 is 11.7 Å². The Morgan fingerprint density at radius 1 is 1.10 bits per heavy atom. The quantitative estimate of drug-likeness (QED) is 0.652. The molecule has 2 aromatic rings. The molecule has 6 nitrogen and oxygen atoms in total. The molecule has 2 amide bonds. The normalized spacial score (nSPS) is 18.0. The third kappa shape index (κ3) is 5.16. The van der Waals surface area contributed by atoms with Gasteiger partial charge in [-0.1, -0.05) is 13.3 Å². The molecule has 0 saturated carbocycles. The largest absolute Gasteiger partial charge is 0.497 e. The first-order chi connectivity index (χ1) is 15.0. The lowest BCUT2D eigenvalue weighted by atomic mass is 9.87. The van der Waals surface area contributed by atoms with Crippen molar-refractivity contribution in [1.29, 1.82) is 0 Å². The van der Waals surface area contributed by atoms with Gasteiger partial charge in [-0.2, -0.15) is 0 Å². The summed E-state index contributed by atoms with van der Waals surface area (Å²) in [5.41, 5.74) is 1.22. The van der Waals surface area contributed by atoms with Crippen molar-refractivity contribution in [2.24, 2.45) is 5.92 Å². The predicted molar refractivity (Wildman–Crippen MR) is 116 cm³/mol. The summed E-state index contributed by atoms with van der Waals surface area (Å²) in [4.78, 5) is 27.7. The van der Waals surface area contributed by atoms with E-state index >= 15 is 0 Å². The number of hydrogen-bond acceptors (Lipinski definition) is 4. The molecule has 0 aliphatic carbocycles. The molecule has 0 spiro atoms. The van der Waals surface area contributed by atoms with Gasteiger partial charge in [0.15, 0.2) is 0 Å². The number of rotatable bonds is 8. The van der Waals surface area contributed by atoms with Crippen LogP contribution >= 0.6 is 0 Å². The molecule has 0 aromatic heterocycles. The van der Waals surface area contributed by atoms with E-state index in [-0.39, 0.29) is 24.3 Å². The fraction of sp³-hybridized carbons (Fsp3) is 0.417. The van der Waals surface area contributed by atoms with Gasteiger partial charge in [0.1, 0.15) is 17.3 Å². The summed E-state index contributed by atoms with van der Waals surface area (Å²) < 4.78 is 24.2. The number of nitrogens with one attached hydrogen (secondary N) is 1. The summed E-state index contributed by atoms with van der Waals surface area (Å²) in [5, 5.41) is 3.00. The van der Waals surface area contributed by atoms with E-state index in [9.17, 15) is 14.0 Å². The molecular formula is C24H29FN2O4. The van der Waals surface area contributed by atoms with Crippen molar-refractivity contribution >= 4 is 11.8 Å². The minimum atomic E-state index is -0.428. The lowest BCUT2D eigenvalue weighted by Crippen LogP contribution is -2.36. The smallest absolute Gasteiger partial charge is 0.253 e. The Morgan fingerprint density at radius 2 is 1.84 bits per heavy atom. The molecule has 2 atom stereocenters. The van der Waals surface area contributed by atoms with E-state index in [0.717, 1.165) is 18.4 Å². The van der Waals surface area contributed by atoms with Crippen molar-refractivity contribution in [3.05, 3.63) is 59.4 Å². The number of unbranched alkanes of at least 4 members (excludes halogenated alkanes) is 1. The van der Waals surface area contributed by atoms with Gasteiger partial charge < -0.3 is 19.7 Å². The van der Waals surface area contributed by atoms with Gasteiger partial charge in [-0.25, -0.2) is 4.39 Å². The van der Waals surface area contributed by atoms with Gasteiger partial charge in [-0.3, -0.25) is 9.59 Å². The van der Waals surface area contributed by atoms with Crippen LogP contribution in [0.2, 0.25) is 0 Å². The standard InChI is InChI=1S/C24H29FN2O4/c1-4-5-12-26-23(28)21-15-27(24(29)16-6-8-17(25)9-7-16)14-20(21)19-13-18(30-2)10-11-22(19)31-3/h6-11,13,20-21H,4-5,12,14-15H2,1-3H3,(H,26,28). The molecule has 1 aliphatic rings. The maximum atomic E-state index is 13.3. The average molecular weight is 429 g/mol. The van der Waals surface area contributed by atoms with Crippen LogP contribution in [0, 0.1) is 11.7 Å². The van der Waals surface area contributed by atoms with Gasteiger partial charge in [-0.15, -0.1) is 0 Å². The second kappa shape index (κ2) is 10.3. The van der Waals surface area contributed by atoms with Crippen LogP contribution in [0.15, 0.2) is 42.5 Å². The van der Waals surface area contributed by atoms with Crippen LogP contribution in [0.4, 0.5) is 4.39 Å². The Labute approximate surface area is 182 Å². The van der Waals surface area contributed by atoms with Crippen LogP contribution < -0.4 is 14.8 Å². The third-order valence-corrected chi connectivity index (χ3v) is 5.70. The maximum Gasteiger partial charge on any atom is 0.253 e. The molecule has 2 aromatic carbocycles. The minimum Gasteiger partial charge on any atom is -0.497 e. The van der Waals surface area contributed by atoms with Crippen LogP contribution in [0.1, 0.15) is 41.6 Å². The average Bonchev–Trinajstić information content (AvgIpc) is 3.24. The summed E-state index contributed by atoms with van der Waals surface area (Å²) in [5.74, 6) is -0.0885. The number of carbonyl (C=O) groups is 2. The molecule has 0 bridgehead atoms. The molecule has 2 unspecified atom stereocenters. The van der Waals surface area contributed by atoms with Crippen molar-refractivity contribution in [3.63, 3.8) is 0 Å². The van der Waals surface area contributed by atoms with E-state index in [0.29, 0.717) is 30.2 Å². The van der Waals surface area contributed by atoms with E-state index in [1.165, 1.54) is 24.3 Å². The fourth-order valence-electron chi connectivity index (χ4n) is 3.97. The van der Waals surface area contributed by atoms with E-state index in [4.69, 9.17) is 9.47 Å². The Bertz CT molecular complexity index is 916. The molecule has 1 heterocycles. The van der Waals surface area contributed by atoms with Crippen LogP contribution in [0.5, 0.6) is 11.5 Å². The van der Waals surface area contributed by atoms with Gasteiger partial charge in [0, 0.05) is 36.7 Å². The SMILES string of the molecule is CCCCNC(=O)C1CN(C(=O)c2ccc(F)cc2)CC1c1cc(OC)ccc1OC. The number of methoxy groups -OCH3 is 2. The van der Waals surface area contributed by atoms with Crippen LogP contribution in [0.3, 0.4) is 0 Å². The molecule has 166 valence electrons. The fourth-order valence-corrected chi connectivity index (χ4v) is 3.97. The van der Waals surface area contributed by atoms with E-state index in [1.54, 1.807) is 25.2 Å². The second-order valence-corrected chi connectivity index (χ2v) is 7.68. The van der Waals surface area contributed by atoms with Crippen LogP contribution in [-0.4, -0.2) is 50.6 Å². The monoisotopic (exact) mass is 428 g/mol. The minimum absolute atomic E-state index is 0.0854. The van der Waals surface area contributed by atoms with Crippen molar-refractivity contribution in [3.8, 4) is 11.5 Å². The first-order valence-electron chi connectivity index (χ1n) is 10.5. The summed E-state index contributed by atoms with van der Waals surface area (Å²) in [6.45, 7) is 3.29. The number of ether oxygens (including phenoxy) is 2. The first-order valence-corrected chi connectivity index (χ1v) is 10.5. The molecule has 1 N–H and O–H groups in total. The highest BCUT2D eigenvalue weighted by Gasteiger charge is 2.41. The molecule has 1 aliphatic heterocycles. The maximum absolute atomic E-state index is 13.3. The number of amides is 2. The second-order valence-electron chi connectivity index (χ2n) is 7.68. The highest BCUT2D eigenvalue weighted by atomic mass is 19.1. The lowest BCUT2D eigenvalue weighted by molar-refractivity contribution is -0.124. The number of carbonyl (C=O) groups excluding carboxylic acids is 2. The summed E-state index contributed by atoms with van der Waals surface area (Å²) in [6, 6.07) is 10.9. The van der Waals surface area contributed by atoms with Gasteiger partial charge in [-0.05, 0) is 48.9 Å². The van der Waals surface area contributed by atoms with Crippen LogP contribution in [-0.2, 0) is 4.79 Å². The zero-order valence-corrected chi connectivity index (χ0v) is 18.2. The van der Waals surface area contributed by atoms with Gasteiger partial charge in [0.25, 0.3) is 5.91 Å². The van der Waals surface area contributed by atoms with Crippen molar-refractivity contribution in [2.45, 2.75) is 25.7 Å². The highest BCUT2D eigenvalue weighted by Crippen LogP contribution is 2.40. The summed E-state index contributed by atoms with van der Waals surface area (Å²) >= 11 is 0. The molecule has 3 rings (SSSR count). The van der Waals surface area contributed by atoms with Crippen molar-refractivity contribution in [2.75, 3.05) is 33.9 Å². The third-order valence-electron chi connectivity index (χ3n) is 5.70. The number of benzene rings is 2. The number of halogens is 1. The molecule has 0 radical (unpaired) electrons. The Morgan fingerprint density at radius 3 is 2.48 bits per heavy atom. The number of likely N-dealkylation sites (tertiary alicyclic amines) is 1. The zero-order valence-electron chi connectivity index (χ0n) is 18.2. The lowest BCUT2D eigenvalue weighted by Gasteiger charge is -2.21. The topological polar surface area (TPSA) is 67.9 Å². The zero-order chi connectivity index (χ0) is 22.4. The van der Waals surface area contributed by atoms with Crippen molar-refractivity contribution in [1.82, 2.24) is 10.2 Å². The van der Waals surface area contributed by atoms with Gasteiger partial charge in [0.05, 0.1) is 20.1 Å². The van der Waals surface area contributed by atoms with Crippen LogP contribution in [0.25, 0.3) is 0 Å². The molecule has 7 heteroatoms. The molecule has 1 saturated heterocycles. The van der Waals surface area contributed by atoms with E-state index in [2.05, 4.69) is 12.2 Å². The predicted octanol–water partition coefficient (Wildman–Crippen LogP) is 3.62. The molecule has 31 heavy (non-hydrogen) atoms. The summed E-state index contributed by atoms with van der Waals surface area (Å²) in [7, 11) is 3.16. The first kappa shape index (κ1) is 22.6. The Hall–Kier alpha value is -3.09.